The highest BCUT2D eigenvalue weighted by Gasteiger charge is 2.30. The van der Waals surface area contributed by atoms with Crippen molar-refractivity contribution in [3.05, 3.63) is 97.2 Å². The zero-order valence-corrected chi connectivity index (χ0v) is 64.9. The Kier molecular flexibility index (Phi) is 70.4. The molecule has 0 aliphatic carbocycles. The van der Waals surface area contributed by atoms with Gasteiger partial charge in [-0.1, -0.05) is 266 Å². The summed E-state index contributed by atoms with van der Waals surface area (Å²) in [6, 6.07) is 0. The quantitative estimate of drug-likeness (QED) is 0.0169. The number of allylic oxidation sites excluding steroid dienone is 16. The van der Waals surface area contributed by atoms with Gasteiger partial charge >= 0.3 is 39.5 Å². The second-order valence-corrected chi connectivity index (χ2v) is 29.2. The van der Waals surface area contributed by atoms with Crippen LogP contribution >= 0.6 is 15.6 Å². The van der Waals surface area contributed by atoms with E-state index in [-0.39, 0.29) is 25.7 Å². The number of hydrogen-bond donors (Lipinski definition) is 3. The molecule has 0 fully saturated rings. The van der Waals surface area contributed by atoms with Crippen molar-refractivity contribution in [2.45, 2.75) is 354 Å². The lowest BCUT2D eigenvalue weighted by atomic mass is 10.1. The molecule has 578 valence electrons. The van der Waals surface area contributed by atoms with E-state index in [0.717, 1.165) is 141 Å². The number of ether oxygens (including phenoxy) is 4. The number of phosphoric acid groups is 2. The number of esters is 4. The van der Waals surface area contributed by atoms with Gasteiger partial charge in [-0.25, -0.2) is 9.13 Å². The van der Waals surface area contributed by atoms with E-state index >= 15 is 0 Å². The fourth-order valence-corrected chi connectivity index (χ4v) is 12.0. The van der Waals surface area contributed by atoms with Crippen LogP contribution in [0.2, 0.25) is 0 Å². The van der Waals surface area contributed by atoms with Crippen molar-refractivity contribution in [2.24, 2.45) is 0 Å². The van der Waals surface area contributed by atoms with Crippen molar-refractivity contribution in [1.29, 1.82) is 0 Å². The maximum absolute atomic E-state index is 13.1. The topological polar surface area (TPSA) is 237 Å². The number of aliphatic hydroxyl groups is 1. The van der Waals surface area contributed by atoms with Gasteiger partial charge in [0.2, 0.25) is 0 Å². The maximum atomic E-state index is 13.1. The number of carbonyl (C=O) groups excluding carboxylic acids is 4. The summed E-state index contributed by atoms with van der Waals surface area (Å²) in [6.45, 7) is 4.73. The van der Waals surface area contributed by atoms with Gasteiger partial charge in [0.1, 0.15) is 19.3 Å². The van der Waals surface area contributed by atoms with E-state index in [4.69, 9.17) is 37.0 Å². The molecule has 19 heteroatoms. The molecular weight excluding hydrogens is 1310 g/mol. The molecule has 5 atom stereocenters. The van der Waals surface area contributed by atoms with E-state index < -0.39 is 97.5 Å². The number of carbonyl (C=O) groups is 4. The lowest BCUT2D eigenvalue weighted by Crippen LogP contribution is -2.30. The first-order valence-corrected chi connectivity index (χ1v) is 42.5. The van der Waals surface area contributed by atoms with Gasteiger partial charge in [-0.3, -0.25) is 37.3 Å². The summed E-state index contributed by atoms with van der Waals surface area (Å²) in [5.74, 6) is -2.29. The van der Waals surface area contributed by atoms with Crippen LogP contribution in [0.25, 0.3) is 0 Å². The highest BCUT2D eigenvalue weighted by Crippen LogP contribution is 2.45. The summed E-state index contributed by atoms with van der Waals surface area (Å²) in [7, 11) is -9.97. The Balaban J connectivity index is 5.41. The highest BCUT2D eigenvalue weighted by atomic mass is 31.2. The number of phosphoric ester groups is 2. The molecule has 0 heterocycles. The third-order valence-electron chi connectivity index (χ3n) is 16.5. The van der Waals surface area contributed by atoms with Crippen LogP contribution in [-0.4, -0.2) is 96.7 Å². The van der Waals surface area contributed by atoms with E-state index in [1.165, 1.54) is 109 Å². The van der Waals surface area contributed by atoms with Gasteiger partial charge in [-0.15, -0.1) is 0 Å². The van der Waals surface area contributed by atoms with Gasteiger partial charge in [0.25, 0.3) is 0 Å². The molecule has 0 aromatic rings. The molecule has 100 heavy (non-hydrogen) atoms. The van der Waals surface area contributed by atoms with Crippen molar-refractivity contribution in [3.8, 4) is 0 Å². The SMILES string of the molecule is CCCCC/C=C\C/C=C\C/C=C\C/C=C\C/C=C\CCC(=O)OC[C@H](COP(=O)(O)OC[C@@H](O)COP(=O)(O)OC[C@@H](COC(=O)CCCCCCC/C=C\CCCCCC)OC(=O)CCCCCCC/C=C\CCCCCC)OC(=O)CCCCCCC/C=C\CCCCCCCC. The normalized spacial score (nSPS) is 14.4. The molecule has 0 bridgehead atoms. The standard InChI is InChI=1S/C81H142O17P2/c1-5-9-13-17-21-25-29-33-35-36-37-38-40-43-46-50-54-58-62-66-79(84)92-72-77(98-81(86)68-64-60-56-52-48-44-39-34-30-26-22-18-14-10-6-2)74-96-100(89,90)94-70-75(82)69-93-99(87,88)95-73-76(97-80(85)67-63-59-55-51-47-42-32-28-24-20-16-12-8-4)71-91-78(83)65-61-57-53-49-45-41-31-27-23-19-15-11-7-3/h21,25,27-28,31-35,37-39,43,46,54,58,75-77,82H,5-20,22-24,26,29-30,36,40-42,44-45,47-53,55-57,59-74H2,1-4H3,(H,87,88)(H,89,90)/b25-21-,31-27-,32-28-,35-33-,38-37-,39-34-,46-43-,58-54-/t75-,76+,77+/m0/s1. The molecule has 0 aromatic heterocycles. The van der Waals surface area contributed by atoms with Gasteiger partial charge in [0.15, 0.2) is 12.2 Å². The molecule has 0 aliphatic rings. The van der Waals surface area contributed by atoms with E-state index in [1.54, 1.807) is 0 Å². The largest absolute Gasteiger partial charge is 0.472 e. The predicted octanol–water partition coefficient (Wildman–Crippen LogP) is 22.8. The zero-order valence-electron chi connectivity index (χ0n) is 63.1. The minimum atomic E-state index is -4.99. The van der Waals surface area contributed by atoms with Crippen LogP contribution in [0.5, 0.6) is 0 Å². The fraction of sp³-hybridized carbons (Fsp3) is 0.753. The second kappa shape index (κ2) is 73.3. The number of rotatable bonds is 74. The molecule has 0 spiro atoms. The number of hydrogen-bond acceptors (Lipinski definition) is 15. The van der Waals surface area contributed by atoms with Crippen molar-refractivity contribution < 1.29 is 80.2 Å². The van der Waals surface area contributed by atoms with Crippen LogP contribution in [0.15, 0.2) is 97.2 Å². The first-order valence-electron chi connectivity index (χ1n) is 39.5. The molecule has 0 aliphatic heterocycles. The molecule has 2 unspecified atom stereocenters. The van der Waals surface area contributed by atoms with Crippen molar-refractivity contribution in [1.82, 2.24) is 0 Å². The van der Waals surface area contributed by atoms with Crippen molar-refractivity contribution >= 4 is 39.5 Å². The smallest absolute Gasteiger partial charge is 0.462 e. The first kappa shape index (κ1) is 96.0. The molecule has 0 aromatic carbocycles. The third-order valence-corrected chi connectivity index (χ3v) is 18.4. The first-order chi connectivity index (χ1) is 48.7. The summed E-state index contributed by atoms with van der Waals surface area (Å²) >= 11 is 0. The number of aliphatic hydroxyl groups excluding tert-OH is 1. The van der Waals surface area contributed by atoms with Crippen LogP contribution in [0.4, 0.5) is 0 Å². The number of unbranched alkanes of at least 4 members (excludes halogenated alkanes) is 32. The van der Waals surface area contributed by atoms with Gasteiger partial charge in [0.05, 0.1) is 26.4 Å². The third kappa shape index (κ3) is 72.3. The van der Waals surface area contributed by atoms with Crippen LogP contribution < -0.4 is 0 Å². The minimum Gasteiger partial charge on any atom is -0.462 e. The summed E-state index contributed by atoms with van der Waals surface area (Å²) in [5.41, 5.74) is 0. The maximum Gasteiger partial charge on any atom is 0.472 e. The predicted molar refractivity (Wildman–Crippen MR) is 409 cm³/mol. The Hall–Kier alpha value is -4.02. The van der Waals surface area contributed by atoms with Crippen LogP contribution in [0.3, 0.4) is 0 Å². The van der Waals surface area contributed by atoms with Gasteiger partial charge in [-0.05, 0) is 141 Å². The minimum absolute atomic E-state index is 0.0367. The van der Waals surface area contributed by atoms with Crippen LogP contribution in [0.1, 0.15) is 336 Å². The average Bonchev–Trinajstić information content (AvgIpc) is 0.946. The average molecular weight is 1450 g/mol. The molecule has 0 saturated heterocycles. The molecule has 17 nitrogen and oxygen atoms in total. The van der Waals surface area contributed by atoms with Gasteiger partial charge in [-0.2, -0.15) is 0 Å². The Labute approximate surface area is 607 Å². The molecule has 0 amide bonds. The van der Waals surface area contributed by atoms with Crippen molar-refractivity contribution in [2.75, 3.05) is 39.6 Å². The van der Waals surface area contributed by atoms with Crippen LogP contribution in [0, 0.1) is 0 Å². The van der Waals surface area contributed by atoms with Gasteiger partial charge < -0.3 is 33.8 Å². The Morgan fingerprint density at radius 2 is 0.510 bits per heavy atom. The van der Waals surface area contributed by atoms with E-state index in [2.05, 4.69) is 113 Å². The summed E-state index contributed by atoms with van der Waals surface area (Å²) in [4.78, 5) is 72.9. The molecule has 0 saturated carbocycles. The Morgan fingerprint density at radius 3 is 0.850 bits per heavy atom. The molecule has 3 N–H and O–H groups in total. The monoisotopic (exact) mass is 1450 g/mol. The lowest BCUT2D eigenvalue weighted by Gasteiger charge is -2.21. The summed E-state index contributed by atoms with van der Waals surface area (Å²) in [5, 5.41) is 10.6. The molecule has 0 rings (SSSR count). The fourth-order valence-electron chi connectivity index (χ4n) is 10.4. The van der Waals surface area contributed by atoms with E-state index in [0.29, 0.717) is 32.1 Å². The molecule has 0 radical (unpaired) electrons. The molecular formula is C81H142O17P2. The van der Waals surface area contributed by atoms with E-state index in [9.17, 15) is 43.2 Å². The summed E-state index contributed by atoms with van der Waals surface area (Å²) < 4.78 is 68.4. The summed E-state index contributed by atoms with van der Waals surface area (Å²) in [6.07, 6.45) is 76.9. The van der Waals surface area contributed by atoms with Crippen LogP contribution in [-0.2, 0) is 65.4 Å². The lowest BCUT2D eigenvalue weighted by molar-refractivity contribution is -0.161. The van der Waals surface area contributed by atoms with Gasteiger partial charge in [0, 0.05) is 25.7 Å². The Bertz CT molecular complexity index is 2270. The zero-order chi connectivity index (χ0) is 73.2. The van der Waals surface area contributed by atoms with E-state index in [1.807, 2.05) is 12.2 Å². The second-order valence-electron chi connectivity index (χ2n) is 26.3. The van der Waals surface area contributed by atoms with Crippen molar-refractivity contribution in [3.63, 3.8) is 0 Å². The highest BCUT2D eigenvalue weighted by molar-refractivity contribution is 7.47. The Morgan fingerprint density at radius 1 is 0.280 bits per heavy atom.